The fourth-order valence-corrected chi connectivity index (χ4v) is 4.09. The summed E-state index contributed by atoms with van der Waals surface area (Å²) in [6, 6.07) is 13.7. The van der Waals surface area contributed by atoms with E-state index in [0.717, 1.165) is 20.9 Å². The van der Waals surface area contributed by atoms with Crippen molar-refractivity contribution in [2.75, 3.05) is 17.1 Å². The van der Waals surface area contributed by atoms with Gasteiger partial charge in [0, 0.05) is 28.2 Å². The maximum absolute atomic E-state index is 12.5. The first kappa shape index (κ1) is 16.9. The number of halogens is 1. The van der Waals surface area contributed by atoms with E-state index >= 15 is 0 Å². The second-order valence-corrected chi connectivity index (χ2v) is 8.38. The summed E-state index contributed by atoms with van der Waals surface area (Å²) >= 11 is 4.79. The van der Waals surface area contributed by atoms with Crippen LogP contribution in [0.15, 0.2) is 63.3 Å². The number of sulfonamides is 1. The highest BCUT2D eigenvalue weighted by Gasteiger charge is 2.14. The van der Waals surface area contributed by atoms with Crippen molar-refractivity contribution < 1.29 is 8.42 Å². The Hall–Kier alpha value is -1.90. The zero-order chi connectivity index (χ0) is 17.2. The molecule has 0 aliphatic carbocycles. The van der Waals surface area contributed by atoms with Gasteiger partial charge in [0.05, 0.1) is 10.6 Å². The molecule has 0 amide bonds. The van der Waals surface area contributed by atoms with Crippen LogP contribution in [0.3, 0.4) is 0 Å². The molecule has 3 rings (SSSR count). The first-order valence-corrected chi connectivity index (χ1v) is 10.2. The average Bonchev–Trinajstić information content (AvgIpc) is 3.04. The summed E-state index contributed by atoms with van der Waals surface area (Å²) in [6.07, 6.45) is 0. The molecule has 0 aliphatic heterocycles. The van der Waals surface area contributed by atoms with Crippen molar-refractivity contribution in [3.63, 3.8) is 0 Å². The van der Waals surface area contributed by atoms with Gasteiger partial charge < -0.3 is 5.32 Å². The van der Waals surface area contributed by atoms with Gasteiger partial charge in [0.1, 0.15) is 0 Å². The van der Waals surface area contributed by atoms with Crippen molar-refractivity contribution in [3.8, 4) is 11.3 Å². The smallest absolute Gasteiger partial charge is 0.261 e. The first-order valence-electron chi connectivity index (χ1n) is 7.00. The van der Waals surface area contributed by atoms with E-state index < -0.39 is 10.0 Å². The fourth-order valence-electron chi connectivity index (χ4n) is 2.09. The van der Waals surface area contributed by atoms with Crippen LogP contribution in [0.1, 0.15) is 0 Å². The number of nitrogens with one attached hydrogen (secondary N) is 2. The van der Waals surface area contributed by atoms with Crippen LogP contribution in [0.5, 0.6) is 0 Å². The van der Waals surface area contributed by atoms with E-state index in [1.54, 1.807) is 42.5 Å². The number of hydrogen-bond acceptors (Lipinski definition) is 5. The van der Waals surface area contributed by atoms with Gasteiger partial charge in [0.2, 0.25) is 0 Å². The number of rotatable bonds is 5. The molecule has 0 radical (unpaired) electrons. The lowest BCUT2D eigenvalue weighted by Gasteiger charge is -2.09. The third-order valence-corrected chi connectivity index (χ3v) is 6.04. The number of nitrogens with zero attached hydrogens (tertiary/aromatic N) is 1. The average molecular weight is 424 g/mol. The molecule has 0 atom stereocenters. The Morgan fingerprint density at radius 2 is 1.88 bits per heavy atom. The normalized spacial score (nSPS) is 11.2. The predicted molar refractivity (Wildman–Crippen MR) is 102 cm³/mol. The van der Waals surface area contributed by atoms with Gasteiger partial charge >= 0.3 is 0 Å². The first-order chi connectivity index (χ1) is 11.5. The molecule has 1 heterocycles. The van der Waals surface area contributed by atoms with Crippen LogP contribution < -0.4 is 10.0 Å². The Kier molecular flexibility index (Phi) is 4.88. The van der Waals surface area contributed by atoms with Crippen LogP contribution in [0.25, 0.3) is 11.3 Å². The molecule has 124 valence electrons. The van der Waals surface area contributed by atoms with Gasteiger partial charge in [-0.25, -0.2) is 13.4 Å². The van der Waals surface area contributed by atoms with Gasteiger partial charge in [0.25, 0.3) is 10.0 Å². The molecule has 2 aromatic carbocycles. The predicted octanol–water partition coefficient (Wildman–Crippen LogP) is 4.42. The van der Waals surface area contributed by atoms with Gasteiger partial charge in [-0.2, -0.15) is 0 Å². The van der Waals surface area contributed by atoms with Crippen LogP contribution >= 0.6 is 27.3 Å². The minimum absolute atomic E-state index is 0.210. The Labute approximate surface area is 152 Å². The standard InChI is InChI=1S/C16H14BrN3O2S2/c1-18-16-19-15(10-23-16)11-3-2-4-13(9-11)20-24(21,22)14-7-5-12(17)6-8-14/h2-10,20H,1H3,(H,18,19). The van der Waals surface area contributed by atoms with E-state index in [0.29, 0.717) is 5.69 Å². The summed E-state index contributed by atoms with van der Waals surface area (Å²) in [7, 11) is -1.82. The molecule has 0 saturated carbocycles. The molecule has 0 bridgehead atoms. The topological polar surface area (TPSA) is 71.1 Å². The van der Waals surface area contributed by atoms with Crippen molar-refractivity contribution >= 4 is 48.1 Å². The van der Waals surface area contributed by atoms with Crippen molar-refractivity contribution in [3.05, 3.63) is 58.4 Å². The largest absolute Gasteiger partial charge is 0.365 e. The molecule has 8 heteroatoms. The maximum Gasteiger partial charge on any atom is 0.261 e. The van der Waals surface area contributed by atoms with E-state index in [4.69, 9.17) is 0 Å². The molecule has 2 N–H and O–H groups in total. The molecular formula is C16H14BrN3O2S2. The Morgan fingerprint density at radius 3 is 2.54 bits per heavy atom. The third-order valence-electron chi connectivity index (χ3n) is 3.25. The van der Waals surface area contributed by atoms with Crippen LogP contribution in [-0.4, -0.2) is 20.4 Å². The molecular weight excluding hydrogens is 410 g/mol. The summed E-state index contributed by atoms with van der Waals surface area (Å²) < 4.78 is 28.4. The minimum Gasteiger partial charge on any atom is -0.365 e. The second kappa shape index (κ2) is 6.92. The zero-order valence-corrected chi connectivity index (χ0v) is 15.9. The molecule has 0 unspecified atom stereocenters. The molecule has 0 spiro atoms. The maximum atomic E-state index is 12.5. The molecule has 0 saturated heterocycles. The Bertz CT molecular complexity index is 953. The monoisotopic (exact) mass is 423 g/mol. The van der Waals surface area contributed by atoms with E-state index in [9.17, 15) is 8.42 Å². The van der Waals surface area contributed by atoms with E-state index in [-0.39, 0.29) is 4.90 Å². The van der Waals surface area contributed by atoms with Gasteiger partial charge in [-0.05, 0) is 36.4 Å². The molecule has 0 fully saturated rings. The molecule has 1 aromatic heterocycles. The van der Waals surface area contributed by atoms with Crippen LogP contribution in [0.2, 0.25) is 0 Å². The highest BCUT2D eigenvalue weighted by molar-refractivity contribution is 9.10. The van der Waals surface area contributed by atoms with Gasteiger partial charge in [-0.1, -0.05) is 28.1 Å². The summed E-state index contributed by atoms with van der Waals surface area (Å²) in [5.41, 5.74) is 2.15. The van der Waals surface area contributed by atoms with E-state index in [2.05, 4.69) is 31.0 Å². The molecule has 5 nitrogen and oxygen atoms in total. The van der Waals surface area contributed by atoms with Gasteiger partial charge in [-0.15, -0.1) is 11.3 Å². The molecule has 3 aromatic rings. The zero-order valence-electron chi connectivity index (χ0n) is 12.7. The Balaban J connectivity index is 1.87. The number of hydrogen-bond donors (Lipinski definition) is 2. The van der Waals surface area contributed by atoms with E-state index in [1.807, 2.05) is 18.5 Å². The van der Waals surface area contributed by atoms with Gasteiger partial charge in [-0.3, -0.25) is 4.72 Å². The van der Waals surface area contributed by atoms with E-state index in [1.165, 1.54) is 11.3 Å². The highest BCUT2D eigenvalue weighted by Crippen LogP contribution is 2.27. The number of aromatic nitrogens is 1. The van der Waals surface area contributed by atoms with Crippen LogP contribution in [-0.2, 0) is 10.0 Å². The summed E-state index contributed by atoms with van der Waals surface area (Å²) in [5.74, 6) is 0. The summed E-state index contributed by atoms with van der Waals surface area (Å²) in [4.78, 5) is 4.64. The van der Waals surface area contributed by atoms with Crippen molar-refractivity contribution in [1.29, 1.82) is 0 Å². The van der Waals surface area contributed by atoms with Crippen LogP contribution in [0.4, 0.5) is 10.8 Å². The second-order valence-electron chi connectivity index (χ2n) is 4.93. The molecule has 24 heavy (non-hydrogen) atoms. The summed E-state index contributed by atoms with van der Waals surface area (Å²) in [5, 5.41) is 5.72. The lowest BCUT2D eigenvalue weighted by atomic mass is 10.1. The SMILES string of the molecule is CNc1nc(-c2cccc(NS(=O)(=O)c3ccc(Br)cc3)c2)cs1. The summed E-state index contributed by atoms with van der Waals surface area (Å²) in [6.45, 7) is 0. The highest BCUT2D eigenvalue weighted by atomic mass is 79.9. The lowest BCUT2D eigenvalue weighted by molar-refractivity contribution is 0.601. The van der Waals surface area contributed by atoms with Crippen LogP contribution in [0, 0.1) is 0 Å². The minimum atomic E-state index is -3.63. The quantitative estimate of drug-likeness (QED) is 0.637. The number of thiazole rings is 1. The third kappa shape index (κ3) is 3.77. The van der Waals surface area contributed by atoms with Crippen molar-refractivity contribution in [2.24, 2.45) is 0 Å². The van der Waals surface area contributed by atoms with Crippen molar-refractivity contribution in [1.82, 2.24) is 4.98 Å². The van der Waals surface area contributed by atoms with Crippen molar-refractivity contribution in [2.45, 2.75) is 4.90 Å². The lowest BCUT2D eigenvalue weighted by Crippen LogP contribution is -2.12. The molecule has 0 aliphatic rings. The Morgan fingerprint density at radius 1 is 1.12 bits per heavy atom. The fraction of sp³-hybridized carbons (Fsp3) is 0.0625. The number of benzene rings is 2. The number of anilines is 2. The van der Waals surface area contributed by atoms with Gasteiger partial charge in [0.15, 0.2) is 5.13 Å².